The van der Waals surface area contributed by atoms with Crippen LogP contribution in [0.2, 0.25) is 0 Å². The average molecular weight is 330 g/mol. The Hall–Kier alpha value is -3.09. The summed E-state index contributed by atoms with van der Waals surface area (Å²) in [5.74, 6) is -1.50. The summed E-state index contributed by atoms with van der Waals surface area (Å²) < 4.78 is 5.58. The lowest BCUT2D eigenvalue weighted by atomic mass is 10.1. The SMILES string of the molecule is CCCc1ccc(Oc2cnc(C(=O)NCC(=O)O)c(O)c2)cc1. The van der Waals surface area contributed by atoms with Gasteiger partial charge in [0.1, 0.15) is 18.0 Å². The minimum Gasteiger partial charge on any atom is -0.505 e. The quantitative estimate of drug-likeness (QED) is 0.719. The number of carbonyl (C=O) groups excluding carboxylic acids is 1. The van der Waals surface area contributed by atoms with E-state index in [2.05, 4.69) is 17.2 Å². The van der Waals surface area contributed by atoms with Gasteiger partial charge in [-0.05, 0) is 24.1 Å². The van der Waals surface area contributed by atoms with Gasteiger partial charge in [-0.3, -0.25) is 9.59 Å². The molecule has 24 heavy (non-hydrogen) atoms. The third kappa shape index (κ3) is 4.70. The normalized spacial score (nSPS) is 10.2. The van der Waals surface area contributed by atoms with Crippen molar-refractivity contribution in [3.8, 4) is 17.2 Å². The van der Waals surface area contributed by atoms with Crippen molar-refractivity contribution in [2.75, 3.05) is 6.54 Å². The number of nitrogens with one attached hydrogen (secondary N) is 1. The van der Waals surface area contributed by atoms with Gasteiger partial charge in [0.05, 0.1) is 6.20 Å². The molecule has 1 amide bonds. The molecule has 2 aromatic rings. The van der Waals surface area contributed by atoms with Crippen LogP contribution in [0.1, 0.15) is 29.4 Å². The number of aromatic hydroxyl groups is 1. The summed E-state index contributed by atoms with van der Waals surface area (Å²) >= 11 is 0. The van der Waals surface area contributed by atoms with Gasteiger partial charge in [-0.1, -0.05) is 25.5 Å². The molecule has 3 N–H and O–H groups in total. The first-order chi connectivity index (χ1) is 11.5. The lowest BCUT2D eigenvalue weighted by molar-refractivity contribution is -0.135. The van der Waals surface area contributed by atoms with E-state index in [1.807, 2.05) is 24.3 Å². The van der Waals surface area contributed by atoms with Crippen LogP contribution in [0, 0.1) is 0 Å². The number of benzene rings is 1. The first kappa shape index (κ1) is 17.3. The zero-order valence-corrected chi connectivity index (χ0v) is 13.2. The van der Waals surface area contributed by atoms with Gasteiger partial charge in [0, 0.05) is 6.07 Å². The first-order valence-electron chi connectivity index (χ1n) is 7.45. The van der Waals surface area contributed by atoms with Crippen LogP contribution in [-0.4, -0.2) is 33.6 Å². The molecule has 0 saturated carbocycles. The zero-order valence-electron chi connectivity index (χ0n) is 13.2. The minimum atomic E-state index is -1.19. The summed E-state index contributed by atoms with van der Waals surface area (Å²) in [6.07, 6.45) is 3.33. The maximum atomic E-state index is 11.7. The highest BCUT2D eigenvalue weighted by Gasteiger charge is 2.15. The summed E-state index contributed by atoms with van der Waals surface area (Å²) in [7, 11) is 0. The number of aromatic nitrogens is 1. The second-order valence-electron chi connectivity index (χ2n) is 5.11. The van der Waals surface area contributed by atoms with Gasteiger partial charge in [0.15, 0.2) is 11.4 Å². The molecule has 0 aliphatic carbocycles. The van der Waals surface area contributed by atoms with Crippen LogP contribution in [0.5, 0.6) is 17.2 Å². The Bertz CT molecular complexity index is 728. The molecule has 0 spiro atoms. The number of carboxylic acids is 1. The number of aliphatic carboxylic acids is 1. The van der Waals surface area contributed by atoms with Gasteiger partial charge in [0.25, 0.3) is 5.91 Å². The minimum absolute atomic E-state index is 0.262. The van der Waals surface area contributed by atoms with Gasteiger partial charge in [-0.2, -0.15) is 0 Å². The van der Waals surface area contributed by atoms with E-state index >= 15 is 0 Å². The highest BCUT2D eigenvalue weighted by molar-refractivity contribution is 5.96. The van der Waals surface area contributed by atoms with Gasteiger partial charge in [0.2, 0.25) is 0 Å². The molecule has 0 unspecified atom stereocenters. The van der Waals surface area contributed by atoms with Crippen molar-refractivity contribution >= 4 is 11.9 Å². The molecular weight excluding hydrogens is 312 g/mol. The number of carboxylic acid groups (broad SMARTS) is 1. The number of aryl methyl sites for hydroxylation is 1. The number of carbonyl (C=O) groups is 2. The van der Waals surface area contributed by atoms with Crippen LogP contribution in [0.4, 0.5) is 0 Å². The molecular formula is C17H18N2O5. The molecule has 1 heterocycles. The van der Waals surface area contributed by atoms with Crippen LogP contribution in [0.15, 0.2) is 36.5 Å². The molecule has 0 atom stereocenters. The number of amides is 1. The van der Waals surface area contributed by atoms with Crippen molar-refractivity contribution in [1.82, 2.24) is 10.3 Å². The number of nitrogens with zero attached hydrogens (tertiary/aromatic N) is 1. The van der Waals surface area contributed by atoms with Gasteiger partial charge in [-0.15, -0.1) is 0 Å². The molecule has 7 nitrogen and oxygen atoms in total. The highest BCUT2D eigenvalue weighted by Crippen LogP contribution is 2.26. The topological polar surface area (TPSA) is 109 Å². The van der Waals surface area contributed by atoms with E-state index in [9.17, 15) is 14.7 Å². The van der Waals surface area contributed by atoms with Crippen LogP contribution < -0.4 is 10.1 Å². The fourth-order valence-electron chi connectivity index (χ4n) is 2.05. The van der Waals surface area contributed by atoms with Crippen LogP contribution in [-0.2, 0) is 11.2 Å². The van der Waals surface area contributed by atoms with E-state index in [1.165, 1.54) is 17.8 Å². The van der Waals surface area contributed by atoms with Gasteiger partial charge >= 0.3 is 5.97 Å². The second kappa shape index (κ2) is 7.96. The maximum absolute atomic E-state index is 11.7. The number of ether oxygens (including phenoxy) is 1. The van der Waals surface area contributed by atoms with E-state index in [1.54, 1.807) is 0 Å². The third-order valence-electron chi connectivity index (χ3n) is 3.16. The zero-order chi connectivity index (χ0) is 17.5. The summed E-state index contributed by atoms with van der Waals surface area (Å²) in [6, 6.07) is 8.80. The molecule has 0 fully saturated rings. The monoisotopic (exact) mass is 330 g/mol. The summed E-state index contributed by atoms with van der Waals surface area (Å²) in [4.78, 5) is 25.9. The smallest absolute Gasteiger partial charge is 0.322 e. The van der Waals surface area contributed by atoms with Crippen molar-refractivity contribution in [3.63, 3.8) is 0 Å². The summed E-state index contributed by atoms with van der Waals surface area (Å²) in [5.41, 5.74) is 0.943. The molecule has 0 aliphatic rings. The molecule has 0 radical (unpaired) electrons. The van der Waals surface area contributed by atoms with E-state index in [0.717, 1.165) is 12.8 Å². The standard InChI is InChI=1S/C17H18N2O5/c1-2-3-11-4-6-12(7-5-11)24-13-8-14(20)16(18-9-13)17(23)19-10-15(21)22/h4-9,20H,2-3,10H2,1H3,(H,19,23)(H,21,22). The van der Waals surface area contributed by atoms with E-state index in [4.69, 9.17) is 9.84 Å². The van der Waals surface area contributed by atoms with E-state index in [-0.39, 0.29) is 11.4 Å². The Morgan fingerprint density at radius 1 is 1.21 bits per heavy atom. The van der Waals surface area contributed by atoms with Crippen LogP contribution in [0.3, 0.4) is 0 Å². The van der Waals surface area contributed by atoms with Crippen LogP contribution in [0.25, 0.3) is 0 Å². The third-order valence-corrected chi connectivity index (χ3v) is 3.16. The Morgan fingerprint density at radius 2 is 1.92 bits per heavy atom. The van der Waals surface area contributed by atoms with Crippen LogP contribution >= 0.6 is 0 Å². The van der Waals surface area contributed by atoms with E-state index < -0.39 is 24.2 Å². The molecule has 0 saturated heterocycles. The number of hydrogen-bond acceptors (Lipinski definition) is 5. The van der Waals surface area contributed by atoms with Crippen molar-refractivity contribution in [2.24, 2.45) is 0 Å². The van der Waals surface area contributed by atoms with Crippen molar-refractivity contribution in [3.05, 3.63) is 47.8 Å². The number of rotatable bonds is 7. The number of pyridine rings is 1. The lowest BCUT2D eigenvalue weighted by Gasteiger charge is -2.09. The first-order valence-corrected chi connectivity index (χ1v) is 7.45. The lowest BCUT2D eigenvalue weighted by Crippen LogP contribution is -2.29. The predicted octanol–water partition coefficient (Wildman–Crippen LogP) is 2.35. The Balaban J connectivity index is 2.06. The Morgan fingerprint density at radius 3 is 2.50 bits per heavy atom. The average Bonchev–Trinajstić information content (AvgIpc) is 2.55. The predicted molar refractivity (Wildman–Crippen MR) is 86.4 cm³/mol. The molecule has 2 rings (SSSR count). The molecule has 0 bridgehead atoms. The largest absolute Gasteiger partial charge is 0.505 e. The molecule has 126 valence electrons. The van der Waals surface area contributed by atoms with Gasteiger partial charge < -0.3 is 20.3 Å². The van der Waals surface area contributed by atoms with Crippen molar-refractivity contribution < 1.29 is 24.5 Å². The maximum Gasteiger partial charge on any atom is 0.322 e. The van der Waals surface area contributed by atoms with Gasteiger partial charge in [-0.25, -0.2) is 4.98 Å². The Kier molecular flexibility index (Phi) is 5.73. The van der Waals surface area contributed by atoms with E-state index in [0.29, 0.717) is 5.75 Å². The van der Waals surface area contributed by atoms with Crippen molar-refractivity contribution in [2.45, 2.75) is 19.8 Å². The fourth-order valence-corrected chi connectivity index (χ4v) is 2.05. The summed E-state index contributed by atoms with van der Waals surface area (Å²) in [6.45, 7) is 1.55. The summed E-state index contributed by atoms with van der Waals surface area (Å²) in [5, 5.41) is 20.5. The molecule has 1 aromatic carbocycles. The second-order valence-corrected chi connectivity index (χ2v) is 5.11. The highest BCUT2D eigenvalue weighted by atomic mass is 16.5. The Labute approximate surface area is 138 Å². The molecule has 1 aromatic heterocycles. The number of hydrogen-bond donors (Lipinski definition) is 3. The van der Waals surface area contributed by atoms with Crippen molar-refractivity contribution in [1.29, 1.82) is 0 Å². The molecule has 0 aliphatic heterocycles. The molecule has 7 heteroatoms. The fraction of sp³-hybridized carbons (Fsp3) is 0.235.